The van der Waals surface area contributed by atoms with Crippen LogP contribution >= 0.6 is 0 Å². The molecule has 6 heteroatoms. The second-order valence-corrected chi connectivity index (χ2v) is 5.70. The Bertz CT molecular complexity index is 745. The molecule has 6 nitrogen and oxygen atoms in total. The number of nitrogens with one attached hydrogen (secondary N) is 2. The van der Waals surface area contributed by atoms with Gasteiger partial charge in [0.1, 0.15) is 12.4 Å². The van der Waals surface area contributed by atoms with Gasteiger partial charge < -0.3 is 10.5 Å². The predicted molar refractivity (Wildman–Crippen MR) is 90.5 cm³/mol. The van der Waals surface area contributed by atoms with Crippen LogP contribution in [-0.4, -0.2) is 36.0 Å². The van der Waals surface area contributed by atoms with Crippen LogP contribution in [0.1, 0.15) is 16.7 Å². The van der Waals surface area contributed by atoms with Crippen LogP contribution in [0.3, 0.4) is 0 Å². The summed E-state index contributed by atoms with van der Waals surface area (Å²) in [5, 5.41) is 17.5. The van der Waals surface area contributed by atoms with E-state index in [2.05, 4.69) is 10.4 Å². The van der Waals surface area contributed by atoms with E-state index in [-0.39, 0.29) is 0 Å². The van der Waals surface area contributed by atoms with Gasteiger partial charge in [-0.3, -0.25) is 21.0 Å². The van der Waals surface area contributed by atoms with E-state index in [0.29, 0.717) is 29.3 Å². The smallest absolute Gasteiger partial charge is 0.123 e. The molecule has 1 aliphatic heterocycles. The van der Waals surface area contributed by atoms with Crippen LogP contribution in [0, 0.1) is 5.41 Å². The van der Waals surface area contributed by atoms with E-state index in [4.69, 9.17) is 21.1 Å². The molecule has 2 aromatic rings. The first-order chi connectivity index (χ1) is 11.1. The lowest BCUT2D eigenvalue weighted by Gasteiger charge is -2.14. The summed E-state index contributed by atoms with van der Waals surface area (Å²) in [6, 6.07) is 10.7. The number of ether oxygens (including phenoxy) is 1. The van der Waals surface area contributed by atoms with Gasteiger partial charge in [0.2, 0.25) is 0 Å². The molecule has 0 unspecified atom stereocenters. The van der Waals surface area contributed by atoms with Crippen molar-refractivity contribution in [3.05, 3.63) is 53.1 Å². The molecule has 1 aliphatic rings. The number of likely N-dealkylation sites (N-methyl/N-ethyl adjacent to an activating group) is 1. The topological polar surface area (TPSA) is 94.6 Å². The molecule has 23 heavy (non-hydrogen) atoms. The van der Waals surface area contributed by atoms with Crippen molar-refractivity contribution in [3.63, 3.8) is 0 Å². The van der Waals surface area contributed by atoms with E-state index >= 15 is 0 Å². The van der Waals surface area contributed by atoms with Crippen LogP contribution < -0.4 is 16.0 Å². The van der Waals surface area contributed by atoms with E-state index in [0.717, 1.165) is 30.0 Å². The summed E-state index contributed by atoms with van der Waals surface area (Å²) in [5.41, 5.74) is 11.8. The van der Waals surface area contributed by atoms with Crippen LogP contribution in [-0.2, 0) is 6.54 Å². The van der Waals surface area contributed by atoms with Crippen molar-refractivity contribution in [2.45, 2.75) is 6.54 Å². The summed E-state index contributed by atoms with van der Waals surface area (Å²) in [5.74, 6) is 0.865. The van der Waals surface area contributed by atoms with Gasteiger partial charge in [0.05, 0.1) is 11.4 Å². The van der Waals surface area contributed by atoms with Crippen molar-refractivity contribution in [1.82, 2.24) is 4.90 Å². The first-order valence-corrected chi connectivity index (χ1v) is 7.41. The summed E-state index contributed by atoms with van der Waals surface area (Å²) in [4.78, 5) is 2.18. The molecule has 0 radical (unpaired) electrons. The quantitative estimate of drug-likeness (QED) is 0.396. The van der Waals surface area contributed by atoms with Crippen LogP contribution in [0.5, 0.6) is 5.75 Å². The Morgan fingerprint density at radius 3 is 2.91 bits per heavy atom. The normalized spacial score (nSPS) is 14.5. The molecule has 0 saturated carbocycles. The SMILES string of the molecule is CN1CCOc2ccc(C(=N)c3cc(NO)ccc3N)cc2C1. The van der Waals surface area contributed by atoms with Crippen molar-refractivity contribution < 1.29 is 9.94 Å². The van der Waals surface area contributed by atoms with Crippen LogP contribution in [0.2, 0.25) is 0 Å². The Balaban J connectivity index is 1.97. The number of hydrogen-bond donors (Lipinski definition) is 4. The monoisotopic (exact) mass is 312 g/mol. The lowest BCUT2D eigenvalue weighted by atomic mass is 9.98. The van der Waals surface area contributed by atoms with Gasteiger partial charge in [-0.25, -0.2) is 0 Å². The van der Waals surface area contributed by atoms with Gasteiger partial charge in [0.15, 0.2) is 0 Å². The lowest BCUT2D eigenvalue weighted by molar-refractivity contribution is 0.259. The van der Waals surface area contributed by atoms with Crippen LogP contribution in [0.4, 0.5) is 11.4 Å². The zero-order valence-corrected chi connectivity index (χ0v) is 13.0. The average molecular weight is 312 g/mol. The number of rotatable bonds is 3. The molecule has 0 fully saturated rings. The largest absolute Gasteiger partial charge is 0.492 e. The maximum absolute atomic E-state index is 9.04. The van der Waals surface area contributed by atoms with E-state index in [1.165, 1.54) is 0 Å². The molecule has 0 atom stereocenters. The van der Waals surface area contributed by atoms with Gasteiger partial charge in [-0.05, 0) is 43.4 Å². The molecule has 0 aliphatic carbocycles. The molecule has 5 N–H and O–H groups in total. The number of nitrogen functional groups attached to an aromatic ring is 1. The number of nitrogens with two attached hydrogens (primary N) is 1. The van der Waals surface area contributed by atoms with Crippen molar-refractivity contribution in [1.29, 1.82) is 5.41 Å². The van der Waals surface area contributed by atoms with Gasteiger partial charge in [-0.2, -0.15) is 0 Å². The summed E-state index contributed by atoms with van der Waals surface area (Å²) in [6.07, 6.45) is 0. The van der Waals surface area contributed by atoms with Crippen molar-refractivity contribution in [2.24, 2.45) is 0 Å². The van der Waals surface area contributed by atoms with E-state index < -0.39 is 0 Å². The first kappa shape index (κ1) is 15.3. The summed E-state index contributed by atoms with van der Waals surface area (Å²) < 4.78 is 5.74. The molecule has 0 spiro atoms. The molecule has 120 valence electrons. The summed E-state index contributed by atoms with van der Waals surface area (Å²) in [6.45, 7) is 2.32. The molecule has 0 bridgehead atoms. The molecule has 0 saturated heterocycles. The van der Waals surface area contributed by atoms with Gasteiger partial charge in [-0.1, -0.05) is 0 Å². The van der Waals surface area contributed by atoms with Gasteiger partial charge in [-0.15, -0.1) is 0 Å². The molecule has 1 heterocycles. The van der Waals surface area contributed by atoms with E-state index in [1.54, 1.807) is 18.2 Å². The maximum Gasteiger partial charge on any atom is 0.123 e. The zero-order chi connectivity index (χ0) is 16.4. The number of benzene rings is 2. The molecule has 0 amide bonds. The van der Waals surface area contributed by atoms with Crippen LogP contribution in [0.15, 0.2) is 36.4 Å². The highest BCUT2D eigenvalue weighted by Gasteiger charge is 2.16. The van der Waals surface area contributed by atoms with Crippen molar-refractivity contribution in [2.75, 3.05) is 31.4 Å². The predicted octanol–water partition coefficient (Wildman–Crippen LogP) is 2.31. The first-order valence-electron chi connectivity index (χ1n) is 7.41. The maximum atomic E-state index is 9.04. The fraction of sp³-hybridized carbons (Fsp3) is 0.235. The fourth-order valence-electron chi connectivity index (χ4n) is 2.68. The number of hydrogen-bond acceptors (Lipinski definition) is 6. The Labute approximate surface area is 135 Å². The number of anilines is 2. The molecular formula is C17H20N4O2. The van der Waals surface area contributed by atoms with Gasteiger partial charge >= 0.3 is 0 Å². The minimum Gasteiger partial charge on any atom is -0.492 e. The van der Waals surface area contributed by atoms with E-state index in [1.807, 2.05) is 25.2 Å². The Morgan fingerprint density at radius 1 is 1.30 bits per heavy atom. The summed E-state index contributed by atoms with van der Waals surface area (Å²) in [7, 11) is 2.05. The Morgan fingerprint density at radius 2 is 2.13 bits per heavy atom. The fourth-order valence-corrected chi connectivity index (χ4v) is 2.68. The van der Waals surface area contributed by atoms with Gasteiger partial charge in [0, 0.05) is 35.5 Å². The zero-order valence-electron chi connectivity index (χ0n) is 13.0. The highest BCUT2D eigenvalue weighted by Crippen LogP contribution is 2.27. The third-order valence-corrected chi connectivity index (χ3v) is 3.97. The molecule has 0 aromatic heterocycles. The van der Waals surface area contributed by atoms with Crippen molar-refractivity contribution in [3.8, 4) is 5.75 Å². The Kier molecular flexibility index (Phi) is 4.18. The molecule has 2 aromatic carbocycles. The second kappa shape index (κ2) is 6.28. The second-order valence-electron chi connectivity index (χ2n) is 5.70. The van der Waals surface area contributed by atoms with Crippen LogP contribution in [0.25, 0.3) is 0 Å². The standard InChI is InChI=1S/C17H20N4O2/c1-21-6-7-23-16-5-2-11(8-12(16)10-21)17(19)14-9-13(20-22)3-4-15(14)18/h2-5,8-9,19-20,22H,6-7,10,18H2,1H3. The minimum absolute atomic E-state index is 0.314. The highest BCUT2D eigenvalue weighted by molar-refractivity contribution is 6.14. The third kappa shape index (κ3) is 3.13. The number of nitrogens with zero attached hydrogens (tertiary/aromatic N) is 1. The van der Waals surface area contributed by atoms with Gasteiger partial charge in [0.25, 0.3) is 0 Å². The lowest BCUT2D eigenvalue weighted by Crippen LogP contribution is -2.20. The third-order valence-electron chi connectivity index (χ3n) is 3.97. The highest BCUT2D eigenvalue weighted by atomic mass is 16.5. The number of fused-ring (bicyclic) bond motifs is 1. The molecule has 3 rings (SSSR count). The van der Waals surface area contributed by atoms with E-state index in [9.17, 15) is 0 Å². The average Bonchev–Trinajstić information content (AvgIpc) is 2.74. The molecular weight excluding hydrogens is 292 g/mol. The summed E-state index contributed by atoms with van der Waals surface area (Å²) >= 11 is 0. The van der Waals surface area contributed by atoms with Crippen molar-refractivity contribution >= 4 is 17.1 Å². The minimum atomic E-state index is 0.314. The Hall–Kier alpha value is -2.57.